The van der Waals surface area contributed by atoms with E-state index in [9.17, 15) is 9.18 Å². The molecule has 0 saturated carbocycles. The van der Waals surface area contributed by atoms with Crippen molar-refractivity contribution in [3.63, 3.8) is 0 Å². The fourth-order valence-electron chi connectivity index (χ4n) is 3.26. The van der Waals surface area contributed by atoms with Gasteiger partial charge in [-0.3, -0.25) is 9.36 Å². The second-order valence-electron chi connectivity index (χ2n) is 7.55. The minimum atomic E-state index is -0.652. The van der Waals surface area contributed by atoms with E-state index in [4.69, 9.17) is 16.0 Å². The van der Waals surface area contributed by atoms with Gasteiger partial charge in [0.1, 0.15) is 17.4 Å². The Balaban J connectivity index is 2.21. The van der Waals surface area contributed by atoms with Crippen LogP contribution in [-0.2, 0) is 7.05 Å². The summed E-state index contributed by atoms with van der Waals surface area (Å²) in [5.74, 6) is 5.86. The van der Waals surface area contributed by atoms with Crippen molar-refractivity contribution in [1.82, 2.24) is 9.55 Å². The number of nitriles is 1. The summed E-state index contributed by atoms with van der Waals surface area (Å²) >= 11 is 0. The van der Waals surface area contributed by atoms with Crippen LogP contribution in [-0.4, -0.2) is 28.7 Å². The van der Waals surface area contributed by atoms with Crippen LogP contribution in [0, 0.1) is 34.9 Å². The molecule has 150 valence electrons. The van der Waals surface area contributed by atoms with E-state index < -0.39 is 5.82 Å². The minimum Gasteiger partial charge on any atom is -0.342 e. The molecule has 0 unspecified atom stereocenters. The fraction of sp³-hybridized carbons (Fsp3) is 0.409. The van der Waals surface area contributed by atoms with Gasteiger partial charge in [-0.15, -0.1) is 0 Å². The third kappa shape index (κ3) is 4.31. The molecule has 0 bridgehead atoms. The SMILES string of the molecule is CC(C)C#Cc1c(-c2ccc(C#N)c(F)c2)nc(N2CCC(N)CC2)n(C)c1=O. The molecule has 1 saturated heterocycles. The zero-order valence-corrected chi connectivity index (χ0v) is 16.9. The Morgan fingerprint density at radius 2 is 2.00 bits per heavy atom. The number of anilines is 1. The number of rotatable bonds is 2. The molecule has 3 rings (SSSR count). The number of aromatic nitrogens is 2. The lowest BCUT2D eigenvalue weighted by atomic mass is 10.0. The first kappa shape index (κ1) is 20.6. The highest BCUT2D eigenvalue weighted by atomic mass is 19.1. The van der Waals surface area contributed by atoms with Gasteiger partial charge in [-0.1, -0.05) is 31.8 Å². The van der Waals surface area contributed by atoms with Gasteiger partial charge in [-0.05, 0) is 25.0 Å². The maximum absolute atomic E-state index is 14.3. The summed E-state index contributed by atoms with van der Waals surface area (Å²) in [5, 5.41) is 9.00. The Hall–Kier alpha value is -3.16. The predicted molar refractivity (Wildman–Crippen MR) is 111 cm³/mol. The van der Waals surface area contributed by atoms with Crippen LogP contribution in [0.5, 0.6) is 0 Å². The van der Waals surface area contributed by atoms with Crippen LogP contribution >= 0.6 is 0 Å². The second-order valence-corrected chi connectivity index (χ2v) is 7.55. The Kier molecular flexibility index (Phi) is 6.00. The molecule has 0 spiro atoms. The third-order valence-electron chi connectivity index (χ3n) is 4.94. The highest BCUT2D eigenvalue weighted by molar-refractivity contribution is 5.69. The molecule has 1 aromatic carbocycles. The van der Waals surface area contributed by atoms with E-state index in [2.05, 4.69) is 11.8 Å². The van der Waals surface area contributed by atoms with Crippen LogP contribution < -0.4 is 16.2 Å². The molecule has 1 aliphatic heterocycles. The summed E-state index contributed by atoms with van der Waals surface area (Å²) in [6.45, 7) is 5.24. The van der Waals surface area contributed by atoms with Gasteiger partial charge >= 0.3 is 0 Å². The average molecular weight is 393 g/mol. The van der Waals surface area contributed by atoms with Crippen molar-refractivity contribution >= 4 is 5.95 Å². The van der Waals surface area contributed by atoms with Crippen molar-refractivity contribution in [1.29, 1.82) is 5.26 Å². The zero-order valence-electron chi connectivity index (χ0n) is 16.9. The monoisotopic (exact) mass is 393 g/mol. The summed E-state index contributed by atoms with van der Waals surface area (Å²) in [5.41, 5.74) is 6.63. The largest absolute Gasteiger partial charge is 0.342 e. The predicted octanol–water partition coefficient (Wildman–Crippen LogP) is 2.39. The van der Waals surface area contributed by atoms with Gasteiger partial charge < -0.3 is 10.6 Å². The number of hydrogen-bond donors (Lipinski definition) is 1. The number of benzene rings is 1. The summed E-state index contributed by atoms with van der Waals surface area (Å²) in [4.78, 5) is 19.9. The lowest BCUT2D eigenvalue weighted by Gasteiger charge is -2.32. The van der Waals surface area contributed by atoms with Crippen molar-refractivity contribution in [3.8, 4) is 29.2 Å². The standard InChI is InChI=1S/C22H24FN5O/c1-14(2)4-7-18-20(15-5-6-16(13-24)19(23)12-15)26-22(27(3)21(18)29)28-10-8-17(25)9-11-28/h5-6,12,14,17H,8-11,25H2,1-3H3. The Bertz CT molecular complexity index is 1080. The van der Waals surface area contributed by atoms with Gasteiger partial charge in [0.15, 0.2) is 0 Å². The molecule has 1 fully saturated rings. The van der Waals surface area contributed by atoms with E-state index in [1.54, 1.807) is 13.1 Å². The van der Waals surface area contributed by atoms with Crippen LogP contribution in [0.2, 0.25) is 0 Å². The maximum Gasteiger partial charge on any atom is 0.271 e. The molecule has 2 N–H and O–H groups in total. The molecule has 29 heavy (non-hydrogen) atoms. The van der Waals surface area contributed by atoms with Crippen LogP contribution in [0.15, 0.2) is 23.0 Å². The topological polar surface area (TPSA) is 87.9 Å². The van der Waals surface area contributed by atoms with Gasteiger partial charge in [-0.2, -0.15) is 5.26 Å². The Morgan fingerprint density at radius 1 is 1.31 bits per heavy atom. The van der Waals surface area contributed by atoms with Crippen LogP contribution in [0.4, 0.5) is 10.3 Å². The Morgan fingerprint density at radius 3 is 2.59 bits per heavy atom. The number of nitrogens with zero attached hydrogens (tertiary/aromatic N) is 4. The molecule has 2 aromatic rings. The lowest BCUT2D eigenvalue weighted by Crippen LogP contribution is -2.42. The van der Waals surface area contributed by atoms with E-state index in [0.29, 0.717) is 30.3 Å². The molecule has 0 radical (unpaired) electrons. The molecule has 2 heterocycles. The summed E-state index contributed by atoms with van der Waals surface area (Å²) in [6, 6.07) is 6.17. The van der Waals surface area contributed by atoms with E-state index in [1.165, 1.54) is 16.7 Å². The van der Waals surface area contributed by atoms with Crippen molar-refractivity contribution in [3.05, 3.63) is 45.5 Å². The number of halogens is 1. The minimum absolute atomic E-state index is 0.0577. The Labute approximate surface area is 169 Å². The first-order valence-corrected chi connectivity index (χ1v) is 9.65. The lowest BCUT2D eigenvalue weighted by molar-refractivity contribution is 0.490. The molecule has 1 aliphatic rings. The first-order chi connectivity index (χ1) is 13.8. The van der Waals surface area contributed by atoms with Gasteiger partial charge in [-0.25, -0.2) is 9.37 Å². The highest BCUT2D eigenvalue weighted by Crippen LogP contribution is 2.25. The molecule has 7 heteroatoms. The number of piperidine rings is 1. The van der Waals surface area contributed by atoms with Crippen molar-refractivity contribution in [2.45, 2.75) is 32.7 Å². The van der Waals surface area contributed by atoms with Crippen LogP contribution in [0.3, 0.4) is 0 Å². The smallest absolute Gasteiger partial charge is 0.271 e. The highest BCUT2D eigenvalue weighted by Gasteiger charge is 2.23. The first-order valence-electron chi connectivity index (χ1n) is 9.65. The van der Waals surface area contributed by atoms with Crippen molar-refractivity contribution < 1.29 is 4.39 Å². The number of hydrogen-bond acceptors (Lipinski definition) is 5. The van der Waals surface area contributed by atoms with Gasteiger partial charge in [0, 0.05) is 37.7 Å². The molecular weight excluding hydrogens is 369 g/mol. The van der Waals surface area contributed by atoms with E-state index in [-0.39, 0.29) is 28.6 Å². The van der Waals surface area contributed by atoms with Crippen molar-refractivity contribution in [2.24, 2.45) is 18.7 Å². The van der Waals surface area contributed by atoms with Crippen molar-refractivity contribution in [2.75, 3.05) is 18.0 Å². The third-order valence-corrected chi connectivity index (χ3v) is 4.94. The summed E-state index contributed by atoms with van der Waals surface area (Å²) < 4.78 is 15.8. The molecule has 0 atom stereocenters. The van der Waals surface area contributed by atoms with E-state index >= 15 is 0 Å². The van der Waals surface area contributed by atoms with Crippen LogP contribution in [0.1, 0.15) is 37.8 Å². The normalized spacial score (nSPS) is 14.4. The molecule has 1 aromatic heterocycles. The van der Waals surface area contributed by atoms with Gasteiger partial charge in [0.05, 0.1) is 11.3 Å². The average Bonchev–Trinajstić information content (AvgIpc) is 2.69. The van der Waals surface area contributed by atoms with E-state index in [0.717, 1.165) is 12.8 Å². The summed E-state index contributed by atoms with van der Waals surface area (Å²) in [7, 11) is 1.67. The zero-order chi connectivity index (χ0) is 21.1. The molecule has 6 nitrogen and oxygen atoms in total. The second kappa shape index (κ2) is 8.46. The maximum atomic E-state index is 14.3. The van der Waals surface area contributed by atoms with E-state index in [1.807, 2.05) is 24.8 Å². The molecular formula is C22H24FN5O. The quantitative estimate of drug-likeness (QED) is 0.792. The van der Waals surface area contributed by atoms with Gasteiger partial charge in [0.25, 0.3) is 5.56 Å². The molecule has 0 aliphatic carbocycles. The number of nitrogens with two attached hydrogens (primary N) is 1. The summed E-state index contributed by atoms with van der Waals surface area (Å²) in [6.07, 6.45) is 1.62. The van der Waals surface area contributed by atoms with Crippen LogP contribution in [0.25, 0.3) is 11.3 Å². The molecule has 0 amide bonds. The fourth-order valence-corrected chi connectivity index (χ4v) is 3.26. The van der Waals surface area contributed by atoms with Gasteiger partial charge in [0.2, 0.25) is 5.95 Å².